The molecule has 0 bridgehead atoms. The zero-order valence-corrected chi connectivity index (χ0v) is 16.4. The molecule has 0 fully saturated rings. The Labute approximate surface area is 162 Å². The predicted octanol–water partition coefficient (Wildman–Crippen LogP) is 3.11. The van der Waals surface area contributed by atoms with Gasteiger partial charge in [0.05, 0.1) is 12.9 Å². The van der Waals surface area contributed by atoms with E-state index in [0.29, 0.717) is 10.6 Å². The van der Waals surface area contributed by atoms with Gasteiger partial charge >= 0.3 is 10.1 Å². The number of carbonyl (C=O) groups is 1. The van der Waals surface area contributed by atoms with Crippen LogP contribution in [-0.2, 0) is 21.4 Å². The maximum atomic E-state index is 13.5. The molecule has 0 saturated heterocycles. The minimum atomic E-state index is -3.76. The number of hydrogen-bond acceptors (Lipinski definition) is 5. The molecule has 0 atom stereocenters. The van der Waals surface area contributed by atoms with Crippen molar-refractivity contribution in [1.82, 2.24) is 4.90 Å². The van der Waals surface area contributed by atoms with E-state index in [1.165, 1.54) is 48.4 Å². The van der Waals surface area contributed by atoms with Gasteiger partial charge in [-0.1, -0.05) is 17.7 Å². The van der Waals surface area contributed by atoms with Crippen LogP contribution in [0.1, 0.15) is 15.9 Å². The zero-order valence-electron chi connectivity index (χ0n) is 14.8. The number of amides is 1. The summed E-state index contributed by atoms with van der Waals surface area (Å²) in [7, 11) is -2.28. The molecular weight excluding hydrogens is 397 g/mol. The van der Waals surface area contributed by atoms with Crippen LogP contribution in [0.4, 0.5) is 4.39 Å². The lowest BCUT2D eigenvalue weighted by atomic mass is 10.1. The van der Waals surface area contributed by atoms with Gasteiger partial charge in [-0.2, -0.15) is 8.42 Å². The molecule has 2 aromatic rings. The molecule has 2 aromatic carbocycles. The molecule has 9 heteroatoms. The van der Waals surface area contributed by atoms with E-state index in [4.69, 9.17) is 20.5 Å². The van der Waals surface area contributed by atoms with E-state index in [0.717, 1.165) is 12.3 Å². The van der Waals surface area contributed by atoms with E-state index in [9.17, 15) is 17.6 Å². The fraction of sp³-hybridized carbons (Fsp3) is 0.278. The Morgan fingerprint density at radius 1 is 1.22 bits per heavy atom. The third kappa shape index (κ3) is 6.50. The first kappa shape index (κ1) is 21.1. The third-order valence-electron chi connectivity index (χ3n) is 3.55. The summed E-state index contributed by atoms with van der Waals surface area (Å²) in [5.41, 5.74) is 0.562. The van der Waals surface area contributed by atoms with Gasteiger partial charge in [-0.3, -0.25) is 4.79 Å². The Bertz CT molecular complexity index is 920. The molecule has 0 radical (unpaired) electrons. The molecule has 0 heterocycles. The number of methoxy groups -OCH3 is 1. The van der Waals surface area contributed by atoms with E-state index in [-0.39, 0.29) is 31.0 Å². The van der Waals surface area contributed by atoms with Crippen LogP contribution >= 0.6 is 11.6 Å². The van der Waals surface area contributed by atoms with Crippen molar-refractivity contribution in [3.05, 3.63) is 64.4 Å². The second kappa shape index (κ2) is 9.16. The van der Waals surface area contributed by atoms with Gasteiger partial charge in [0.25, 0.3) is 5.91 Å². The average Bonchev–Trinajstić information content (AvgIpc) is 2.59. The second-order valence-corrected chi connectivity index (χ2v) is 7.78. The first-order valence-electron chi connectivity index (χ1n) is 7.91. The van der Waals surface area contributed by atoms with Gasteiger partial charge in [0, 0.05) is 36.3 Å². The van der Waals surface area contributed by atoms with Gasteiger partial charge in [-0.15, -0.1) is 0 Å². The van der Waals surface area contributed by atoms with Crippen LogP contribution in [0, 0.1) is 5.82 Å². The molecule has 0 spiro atoms. The standard InChI is InChI=1S/C18H19ClFNO5S/c1-25-9-8-21(18(22)13-4-3-5-16(20)11-13)12-14-10-15(19)6-7-17(14)26-27(2,23)24/h3-7,10-11H,8-9,12H2,1-2H3. The number of ether oxygens (including phenoxy) is 1. The molecule has 0 aromatic heterocycles. The minimum absolute atomic E-state index is 0.00409. The van der Waals surface area contributed by atoms with E-state index >= 15 is 0 Å². The van der Waals surface area contributed by atoms with E-state index < -0.39 is 21.8 Å². The fourth-order valence-electron chi connectivity index (χ4n) is 2.38. The third-order valence-corrected chi connectivity index (χ3v) is 4.27. The average molecular weight is 416 g/mol. The largest absolute Gasteiger partial charge is 0.383 e. The van der Waals surface area contributed by atoms with Crippen molar-refractivity contribution in [2.75, 3.05) is 26.5 Å². The summed E-state index contributed by atoms with van der Waals surface area (Å²) in [6.07, 6.45) is 0.923. The minimum Gasteiger partial charge on any atom is -0.383 e. The smallest absolute Gasteiger partial charge is 0.306 e. The van der Waals surface area contributed by atoms with Gasteiger partial charge in [0.1, 0.15) is 11.6 Å². The number of benzene rings is 2. The number of rotatable bonds is 8. The highest BCUT2D eigenvalue weighted by Gasteiger charge is 2.20. The number of carbonyl (C=O) groups excluding carboxylic acids is 1. The lowest BCUT2D eigenvalue weighted by molar-refractivity contribution is 0.0679. The lowest BCUT2D eigenvalue weighted by Gasteiger charge is -2.24. The molecule has 146 valence electrons. The SMILES string of the molecule is COCCN(Cc1cc(Cl)ccc1OS(C)(=O)=O)C(=O)c1cccc(F)c1. The van der Waals surface area contributed by atoms with Gasteiger partial charge < -0.3 is 13.8 Å². The van der Waals surface area contributed by atoms with E-state index in [2.05, 4.69) is 0 Å². The molecule has 0 saturated carbocycles. The number of halogens is 2. The lowest BCUT2D eigenvalue weighted by Crippen LogP contribution is -2.33. The summed E-state index contributed by atoms with van der Waals surface area (Å²) < 4.78 is 46.5. The molecule has 0 unspecified atom stereocenters. The Morgan fingerprint density at radius 2 is 1.96 bits per heavy atom. The molecular formula is C18H19ClFNO5S. The van der Waals surface area contributed by atoms with Crippen LogP contribution in [0.5, 0.6) is 5.75 Å². The summed E-state index contributed by atoms with van der Waals surface area (Å²) in [5.74, 6) is -0.899. The predicted molar refractivity (Wildman–Crippen MR) is 99.9 cm³/mol. The summed E-state index contributed by atoms with van der Waals surface area (Å²) in [5, 5.41) is 0.357. The highest BCUT2D eigenvalue weighted by molar-refractivity contribution is 7.86. The van der Waals surface area contributed by atoms with Crippen LogP contribution in [-0.4, -0.2) is 45.7 Å². The zero-order chi connectivity index (χ0) is 20.0. The van der Waals surface area contributed by atoms with E-state index in [1.807, 2.05) is 0 Å². The number of hydrogen-bond donors (Lipinski definition) is 0. The van der Waals surface area contributed by atoms with Gasteiger partial charge in [-0.25, -0.2) is 4.39 Å². The summed E-state index contributed by atoms with van der Waals surface area (Å²) >= 11 is 6.01. The first-order valence-corrected chi connectivity index (χ1v) is 10.1. The summed E-state index contributed by atoms with van der Waals surface area (Å²) in [6.45, 7) is 0.449. The molecule has 0 aliphatic rings. The van der Waals surface area contributed by atoms with Crippen molar-refractivity contribution in [3.8, 4) is 5.75 Å². The molecule has 6 nitrogen and oxygen atoms in total. The molecule has 2 rings (SSSR count). The molecule has 0 aliphatic carbocycles. The molecule has 0 aliphatic heterocycles. The van der Waals surface area contributed by atoms with Crippen molar-refractivity contribution in [3.63, 3.8) is 0 Å². The van der Waals surface area contributed by atoms with Crippen LogP contribution in [0.3, 0.4) is 0 Å². The van der Waals surface area contributed by atoms with E-state index in [1.54, 1.807) is 0 Å². The Balaban J connectivity index is 2.35. The fourth-order valence-corrected chi connectivity index (χ4v) is 3.06. The van der Waals surface area contributed by atoms with Crippen molar-refractivity contribution in [1.29, 1.82) is 0 Å². The first-order chi connectivity index (χ1) is 12.7. The van der Waals surface area contributed by atoms with Crippen LogP contribution in [0.25, 0.3) is 0 Å². The molecule has 1 amide bonds. The number of nitrogens with zero attached hydrogens (tertiary/aromatic N) is 1. The summed E-state index contributed by atoms with van der Waals surface area (Å²) in [4.78, 5) is 14.2. The maximum Gasteiger partial charge on any atom is 0.306 e. The van der Waals surface area contributed by atoms with Crippen molar-refractivity contribution < 1.29 is 26.5 Å². The van der Waals surface area contributed by atoms with Crippen molar-refractivity contribution >= 4 is 27.6 Å². The highest BCUT2D eigenvalue weighted by atomic mass is 35.5. The monoisotopic (exact) mass is 415 g/mol. The van der Waals surface area contributed by atoms with Gasteiger partial charge in [-0.05, 0) is 36.4 Å². The Kier molecular flexibility index (Phi) is 7.18. The molecule has 27 heavy (non-hydrogen) atoms. The van der Waals surface area contributed by atoms with Crippen LogP contribution in [0.15, 0.2) is 42.5 Å². The maximum absolute atomic E-state index is 13.5. The summed E-state index contributed by atoms with van der Waals surface area (Å²) in [6, 6.07) is 9.73. The topological polar surface area (TPSA) is 72.9 Å². The highest BCUT2D eigenvalue weighted by Crippen LogP contribution is 2.26. The Hall–Kier alpha value is -2.16. The Morgan fingerprint density at radius 3 is 2.59 bits per heavy atom. The normalized spacial score (nSPS) is 11.3. The van der Waals surface area contributed by atoms with Crippen LogP contribution < -0.4 is 4.18 Å². The quantitative estimate of drug-likeness (QED) is 0.619. The van der Waals surface area contributed by atoms with Crippen LogP contribution in [0.2, 0.25) is 5.02 Å². The van der Waals surface area contributed by atoms with Gasteiger partial charge in [0.15, 0.2) is 0 Å². The van der Waals surface area contributed by atoms with Crippen molar-refractivity contribution in [2.24, 2.45) is 0 Å². The van der Waals surface area contributed by atoms with Crippen molar-refractivity contribution in [2.45, 2.75) is 6.54 Å². The molecule has 0 N–H and O–H groups in total. The van der Waals surface area contributed by atoms with Gasteiger partial charge in [0.2, 0.25) is 0 Å². The second-order valence-electron chi connectivity index (χ2n) is 5.77.